The predicted molar refractivity (Wildman–Crippen MR) is 84.6 cm³/mol. The summed E-state index contributed by atoms with van der Waals surface area (Å²) < 4.78 is 20.2. The maximum absolute atomic E-state index is 13.9. The topological polar surface area (TPSA) is 29.5 Å². The van der Waals surface area contributed by atoms with E-state index in [1.807, 2.05) is 37.3 Å². The van der Waals surface area contributed by atoms with E-state index >= 15 is 0 Å². The third kappa shape index (κ3) is 4.37. The van der Waals surface area contributed by atoms with E-state index in [4.69, 9.17) is 4.74 Å². The highest BCUT2D eigenvalue weighted by atomic mass is 79.9. The average Bonchev–Trinajstić information content (AvgIpc) is 2.48. The number of rotatable bonds is 6. The van der Waals surface area contributed by atoms with E-state index in [1.54, 1.807) is 12.1 Å². The number of aliphatic hydroxyl groups excluding tert-OH is 1. The molecule has 112 valence electrons. The van der Waals surface area contributed by atoms with Gasteiger partial charge in [0, 0.05) is 17.5 Å². The van der Waals surface area contributed by atoms with Crippen LogP contribution in [0, 0.1) is 5.82 Å². The molecule has 2 unspecified atom stereocenters. The molecule has 0 aromatic heterocycles. The zero-order valence-electron chi connectivity index (χ0n) is 11.8. The van der Waals surface area contributed by atoms with Gasteiger partial charge in [-0.3, -0.25) is 0 Å². The molecule has 0 aliphatic carbocycles. The Labute approximate surface area is 132 Å². The monoisotopic (exact) mass is 352 g/mol. The van der Waals surface area contributed by atoms with E-state index in [1.165, 1.54) is 6.07 Å². The van der Waals surface area contributed by atoms with Crippen molar-refractivity contribution in [2.24, 2.45) is 0 Å². The lowest BCUT2D eigenvalue weighted by Gasteiger charge is -2.23. The Kier molecular flexibility index (Phi) is 5.91. The zero-order valence-corrected chi connectivity index (χ0v) is 13.4. The van der Waals surface area contributed by atoms with Crippen LogP contribution >= 0.6 is 15.9 Å². The summed E-state index contributed by atoms with van der Waals surface area (Å²) in [5.41, 5.74) is 1.37. The van der Waals surface area contributed by atoms with Crippen LogP contribution in [0.3, 0.4) is 0 Å². The molecule has 2 atom stereocenters. The number of hydrogen-bond donors (Lipinski definition) is 1. The van der Waals surface area contributed by atoms with Crippen molar-refractivity contribution >= 4 is 15.9 Å². The molecular formula is C17H18BrFO2. The molecule has 2 rings (SSSR count). The summed E-state index contributed by atoms with van der Waals surface area (Å²) >= 11 is 3.23. The summed E-state index contributed by atoms with van der Waals surface area (Å²) in [6.45, 7) is 2.36. The number of aliphatic hydroxyl groups is 1. The molecule has 0 radical (unpaired) electrons. The van der Waals surface area contributed by atoms with E-state index in [9.17, 15) is 9.50 Å². The van der Waals surface area contributed by atoms with Crippen molar-refractivity contribution in [1.82, 2.24) is 0 Å². The number of ether oxygens (including phenoxy) is 1. The summed E-state index contributed by atoms with van der Waals surface area (Å²) in [6, 6.07) is 14.4. The first kappa shape index (κ1) is 16.1. The molecule has 0 aliphatic rings. The molecule has 2 aromatic rings. The minimum atomic E-state index is -0.803. The molecule has 0 amide bonds. The minimum absolute atomic E-state index is 0.207. The van der Waals surface area contributed by atoms with E-state index < -0.39 is 12.2 Å². The van der Waals surface area contributed by atoms with Crippen molar-refractivity contribution in [3.8, 4) is 0 Å². The zero-order chi connectivity index (χ0) is 15.2. The fraction of sp³-hybridized carbons (Fsp3) is 0.294. The molecule has 0 spiro atoms. The normalized spacial score (nSPS) is 13.9. The van der Waals surface area contributed by atoms with E-state index in [0.29, 0.717) is 16.6 Å². The highest BCUT2D eigenvalue weighted by Crippen LogP contribution is 2.25. The van der Waals surface area contributed by atoms with Gasteiger partial charge in [-0.2, -0.15) is 0 Å². The minimum Gasteiger partial charge on any atom is -0.390 e. The second-order valence-corrected chi connectivity index (χ2v) is 5.71. The summed E-state index contributed by atoms with van der Waals surface area (Å²) in [5.74, 6) is -0.327. The van der Waals surface area contributed by atoms with Crippen molar-refractivity contribution in [1.29, 1.82) is 0 Å². The molecule has 0 heterocycles. The van der Waals surface area contributed by atoms with Crippen molar-refractivity contribution in [3.63, 3.8) is 0 Å². The molecule has 0 fully saturated rings. The van der Waals surface area contributed by atoms with Crippen LogP contribution in [0.25, 0.3) is 0 Å². The van der Waals surface area contributed by atoms with Crippen LogP contribution < -0.4 is 0 Å². The Bertz CT molecular complexity index is 574. The first-order valence-electron chi connectivity index (χ1n) is 6.90. The van der Waals surface area contributed by atoms with Crippen LogP contribution in [-0.2, 0) is 11.2 Å². The average molecular weight is 353 g/mol. The lowest BCUT2D eigenvalue weighted by atomic mass is 9.98. The Morgan fingerprint density at radius 1 is 1.19 bits per heavy atom. The SMILES string of the molecule is CCOC(c1ccccc1)C(O)Cc1ccc(Br)cc1F. The quantitative estimate of drug-likeness (QED) is 0.841. The van der Waals surface area contributed by atoms with Crippen LogP contribution in [0.4, 0.5) is 4.39 Å². The lowest BCUT2D eigenvalue weighted by Crippen LogP contribution is -2.24. The molecule has 0 aliphatic heterocycles. The van der Waals surface area contributed by atoms with Crippen molar-refractivity contribution in [3.05, 3.63) is 69.9 Å². The first-order chi connectivity index (χ1) is 10.1. The van der Waals surface area contributed by atoms with Gasteiger partial charge in [-0.15, -0.1) is 0 Å². The van der Waals surface area contributed by atoms with Crippen LogP contribution in [0.2, 0.25) is 0 Å². The molecule has 2 aromatic carbocycles. The molecule has 0 bridgehead atoms. The van der Waals surface area contributed by atoms with Gasteiger partial charge in [0.05, 0.1) is 6.10 Å². The summed E-state index contributed by atoms with van der Waals surface area (Å²) in [4.78, 5) is 0. The van der Waals surface area contributed by atoms with Crippen molar-refractivity contribution < 1.29 is 14.2 Å². The molecule has 1 N–H and O–H groups in total. The van der Waals surface area contributed by atoms with Gasteiger partial charge in [0.1, 0.15) is 11.9 Å². The summed E-state index contributed by atoms with van der Waals surface area (Å²) in [7, 11) is 0. The fourth-order valence-electron chi connectivity index (χ4n) is 2.27. The van der Waals surface area contributed by atoms with Gasteiger partial charge in [-0.25, -0.2) is 4.39 Å². The molecular weight excluding hydrogens is 335 g/mol. The largest absolute Gasteiger partial charge is 0.390 e. The second kappa shape index (κ2) is 7.69. The molecule has 4 heteroatoms. The third-order valence-electron chi connectivity index (χ3n) is 3.27. The standard InChI is InChI=1S/C17H18BrFO2/c1-2-21-17(12-6-4-3-5-7-12)16(20)10-13-8-9-14(18)11-15(13)19/h3-9,11,16-17,20H,2,10H2,1H3. The lowest BCUT2D eigenvalue weighted by molar-refractivity contribution is -0.0342. The Balaban J connectivity index is 2.17. The highest BCUT2D eigenvalue weighted by Gasteiger charge is 2.22. The van der Waals surface area contributed by atoms with Gasteiger partial charge < -0.3 is 9.84 Å². The van der Waals surface area contributed by atoms with Crippen LogP contribution in [-0.4, -0.2) is 17.8 Å². The third-order valence-corrected chi connectivity index (χ3v) is 3.76. The summed E-state index contributed by atoms with van der Waals surface area (Å²) in [5, 5.41) is 10.4. The number of hydrogen-bond acceptors (Lipinski definition) is 2. The maximum atomic E-state index is 13.9. The highest BCUT2D eigenvalue weighted by molar-refractivity contribution is 9.10. The van der Waals surface area contributed by atoms with Crippen LogP contribution in [0.1, 0.15) is 24.2 Å². The smallest absolute Gasteiger partial charge is 0.127 e. The molecule has 2 nitrogen and oxygen atoms in total. The predicted octanol–water partition coefficient (Wildman–Crippen LogP) is 4.27. The fourth-order valence-corrected chi connectivity index (χ4v) is 2.60. The van der Waals surface area contributed by atoms with Gasteiger partial charge >= 0.3 is 0 Å². The van der Waals surface area contributed by atoms with E-state index in [-0.39, 0.29) is 12.2 Å². The second-order valence-electron chi connectivity index (χ2n) is 4.79. The Morgan fingerprint density at radius 2 is 1.90 bits per heavy atom. The van der Waals surface area contributed by atoms with Crippen LogP contribution in [0.15, 0.2) is 53.0 Å². The van der Waals surface area contributed by atoms with Crippen molar-refractivity contribution in [2.75, 3.05) is 6.61 Å². The molecule has 21 heavy (non-hydrogen) atoms. The Morgan fingerprint density at radius 3 is 2.52 bits per heavy atom. The van der Waals surface area contributed by atoms with Gasteiger partial charge in [-0.1, -0.05) is 52.3 Å². The van der Waals surface area contributed by atoms with Gasteiger partial charge in [-0.05, 0) is 30.2 Å². The van der Waals surface area contributed by atoms with E-state index in [0.717, 1.165) is 5.56 Å². The van der Waals surface area contributed by atoms with Gasteiger partial charge in [0.25, 0.3) is 0 Å². The Hall–Kier alpha value is -1.23. The first-order valence-corrected chi connectivity index (χ1v) is 7.69. The number of halogens is 2. The van der Waals surface area contributed by atoms with Crippen molar-refractivity contribution in [2.45, 2.75) is 25.6 Å². The summed E-state index contributed by atoms with van der Waals surface area (Å²) in [6.07, 6.45) is -1.05. The number of benzene rings is 2. The molecule has 0 saturated heterocycles. The van der Waals surface area contributed by atoms with E-state index in [2.05, 4.69) is 15.9 Å². The molecule has 0 saturated carbocycles. The maximum Gasteiger partial charge on any atom is 0.127 e. The van der Waals surface area contributed by atoms with Gasteiger partial charge in [0.15, 0.2) is 0 Å². The van der Waals surface area contributed by atoms with Crippen LogP contribution in [0.5, 0.6) is 0 Å². The van der Waals surface area contributed by atoms with Gasteiger partial charge in [0.2, 0.25) is 0 Å².